The van der Waals surface area contributed by atoms with E-state index >= 15 is 0 Å². The molecule has 15 heavy (non-hydrogen) atoms. The van der Waals surface area contributed by atoms with Gasteiger partial charge < -0.3 is 0 Å². The van der Waals surface area contributed by atoms with Gasteiger partial charge in [-0.3, -0.25) is 0 Å². The normalized spacial score (nSPS) is 30.5. The van der Waals surface area contributed by atoms with Crippen LogP contribution in [0.2, 0.25) is 10.5 Å². The van der Waals surface area contributed by atoms with Crippen LogP contribution < -0.4 is 0 Å². The summed E-state index contributed by atoms with van der Waals surface area (Å²) < 4.78 is 0. The van der Waals surface area contributed by atoms with Crippen molar-refractivity contribution in [2.24, 2.45) is 5.41 Å². The Labute approximate surface area is 110 Å². The molecule has 1 rings (SSSR count). The third-order valence-electron chi connectivity index (χ3n) is 2.98. The van der Waals surface area contributed by atoms with Crippen LogP contribution in [0.25, 0.3) is 0 Å². The van der Waals surface area contributed by atoms with E-state index in [-0.39, 0.29) is 0 Å². The molecule has 1 saturated carbocycles. The van der Waals surface area contributed by atoms with Gasteiger partial charge in [-0.15, -0.1) is 17.2 Å². The van der Waals surface area contributed by atoms with Crippen LogP contribution in [0.3, 0.4) is 0 Å². The molecule has 0 spiro atoms. The van der Waals surface area contributed by atoms with Crippen molar-refractivity contribution in [3.63, 3.8) is 0 Å². The Kier molecular flexibility index (Phi) is 9.54. The van der Waals surface area contributed by atoms with Crippen LogP contribution in [-0.2, 0) is 19.2 Å². The summed E-state index contributed by atoms with van der Waals surface area (Å²) in [5, 5.41) is 4.50. The molecule has 0 bridgehead atoms. The van der Waals surface area contributed by atoms with Crippen molar-refractivity contribution < 1.29 is 19.2 Å². The molecule has 4 unspecified atom stereocenters. The van der Waals surface area contributed by atoms with Crippen molar-refractivity contribution in [1.29, 1.82) is 0 Å². The van der Waals surface area contributed by atoms with Crippen molar-refractivity contribution in [3.05, 3.63) is 0 Å². The van der Waals surface area contributed by atoms with Gasteiger partial charge in [0.1, 0.15) is 0 Å². The van der Waals surface area contributed by atoms with Gasteiger partial charge in [-0.1, -0.05) is 13.8 Å². The van der Waals surface area contributed by atoms with Crippen LogP contribution in [0.15, 0.2) is 0 Å². The number of hydrogen-bond donors (Lipinski definition) is 0. The summed E-state index contributed by atoms with van der Waals surface area (Å²) in [6.45, 7) is 9.66. The van der Waals surface area contributed by atoms with E-state index in [0.29, 0.717) is 24.6 Å². The number of hydrogen-bond acceptors (Lipinski definition) is 0. The first-order chi connectivity index (χ1) is 6.99. The summed E-state index contributed by atoms with van der Waals surface area (Å²) in [6.07, 6.45) is 4.47. The minimum atomic E-state index is 0.500. The van der Waals surface area contributed by atoms with Crippen LogP contribution in [0.4, 0.5) is 0 Å². The molecule has 0 N–H and O–H groups in total. The maximum atomic E-state index is 2.45. The molecule has 1 fully saturated rings. The molecule has 0 aliphatic heterocycles. The second-order valence-electron chi connectivity index (χ2n) is 5.28. The Hall–Kier alpha value is 1.57. The molecule has 0 heterocycles. The van der Waals surface area contributed by atoms with Gasteiger partial charge in [0.05, 0.1) is 0 Å². The quantitative estimate of drug-likeness (QED) is 0.508. The molecule has 1 aliphatic carbocycles. The van der Waals surface area contributed by atoms with Gasteiger partial charge in [-0.2, -0.15) is 0 Å². The Balaban J connectivity index is 0.000000583. The third-order valence-corrected chi connectivity index (χ3v) is 5.50. The van der Waals surface area contributed by atoms with Crippen molar-refractivity contribution in [2.75, 3.05) is 13.3 Å². The molecule has 4 atom stereocenters. The predicted molar refractivity (Wildman–Crippen MR) is 75.4 cm³/mol. The fourth-order valence-corrected chi connectivity index (χ4v) is 5.16. The van der Waals surface area contributed by atoms with E-state index < -0.39 is 0 Å². The van der Waals surface area contributed by atoms with Gasteiger partial charge in [0, 0.05) is 0 Å². The fourth-order valence-electron chi connectivity index (χ4n) is 2.37. The summed E-state index contributed by atoms with van der Waals surface area (Å²) in [5.74, 6) is 0. The van der Waals surface area contributed by atoms with E-state index in [0.717, 1.165) is 11.3 Å². The van der Waals surface area contributed by atoms with Crippen molar-refractivity contribution in [2.45, 2.75) is 54.9 Å². The van der Waals surface area contributed by atoms with E-state index in [1.165, 1.54) is 36.4 Å². The van der Waals surface area contributed by atoms with Crippen LogP contribution in [0.1, 0.15) is 33.1 Å². The summed E-state index contributed by atoms with van der Waals surface area (Å²) in [6, 6.07) is 0. The molecule has 3 heteroatoms. The van der Waals surface area contributed by atoms with Crippen LogP contribution >= 0.6 is 17.2 Å². The predicted octanol–water partition coefficient (Wildman–Crippen LogP) is 4.72. The van der Waals surface area contributed by atoms with E-state index in [2.05, 4.69) is 37.6 Å². The molecule has 0 radical (unpaired) electrons. The molecule has 0 aromatic heterocycles. The van der Waals surface area contributed by atoms with E-state index in [9.17, 15) is 0 Å². The van der Waals surface area contributed by atoms with Crippen molar-refractivity contribution >= 4 is 17.2 Å². The van der Waals surface area contributed by atoms with Crippen molar-refractivity contribution in [1.82, 2.24) is 0 Å². The summed E-state index contributed by atoms with van der Waals surface area (Å²) in [7, 11) is 2.33. The Bertz CT molecular complexity index is 146. The molecule has 0 aromatic carbocycles. The monoisotopic (exact) mass is 282 g/mol. The van der Waals surface area contributed by atoms with Crippen LogP contribution in [0.5, 0.6) is 0 Å². The average molecular weight is 282 g/mol. The topological polar surface area (TPSA) is 0 Å². The van der Waals surface area contributed by atoms with Gasteiger partial charge in [0.2, 0.25) is 0 Å². The van der Waals surface area contributed by atoms with Crippen molar-refractivity contribution in [3.8, 4) is 0 Å². The van der Waals surface area contributed by atoms with E-state index in [1.807, 2.05) is 0 Å². The molecule has 1 aliphatic rings. The van der Waals surface area contributed by atoms with E-state index in [4.69, 9.17) is 0 Å². The Morgan fingerprint density at radius 2 is 1.33 bits per heavy atom. The zero-order valence-electron chi connectivity index (χ0n) is 11.3. The standard InChI is InChI=1S/C10H22P2.2CH3.Ti/c1-10(2)6-8(11-3)5-9(7-10)12-4;;;/h8-9,11-12H,5-7H2,1-4H3;2*1H3;. The van der Waals surface area contributed by atoms with Crippen LogP contribution in [0, 0.1) is 5.41 Å². The molecular weight excluding hydrogens is 254 g/mol. The zero-order valence-corrected chi connectivity index (χ0v) is 14.8. The minimum absolute atomic E-state index is 0.500. The second kappa shape index (κ2) is 8.63. The SMILES string of the molecule is CPC1CC(PC)CC(C)(C)C1.[CH3][Ti][CH3]. The first-order valence-electron chi connectivity index (χ1n) is 5.92. The summed E-state index contributed by atoms with van der Waals surface area (Å²) in [5.41, 5.74) is 2.73. The zero-order chi connectivity index (χ0) is 11.9. The molecule has 90 valence electrons. The molecular formula is C12H28P2Ti. The van der Waals surface area contributed by atoms with Gasteiger partial charge >= 0.3 is 29.6 Å². The first-order valence-corrected chi connectivity index (χ1v) is 12.2. The van der Waals surface area contributed by atoms with Gasteiger partial charge in [0.25, 0.3) is 0 Å². The maximum absolute atomic E-state index is 2.45. The van der Waals surface area contributed by atoms with E-state index in [1.54, 1.807) is 0 Å². The van der Waals surface area contributed by atoms with Gasteiger partial charge in [-0.25, -0.2) is 0 Å². The fraction of sp³-hybridized carbons (Fsp3) is 1.00. The molecule has 0 amide bonds. The summed E-state index contributed by atoms with van der Waals surface area (Å²) in [4.78, 5) is 0. The average Bonchev–Trinajstić information content (AvgIpc) is 2.16. The second-order valence-corrected chi connectivity index (χ2v) is 9.63. The first kappa shape index (κ1) is 16.6. The number of rotatable bonds is 2. The third kappa shape index (κ3) is 7.49. The van der Waals surface area contributed by atoms with Gasteiger partial charge in [-0.05, 0) is 49.3 Å². The molecule has 0 nitrogen and oxygen atoms in total. The molecule has 0 aromatic rings. The summed E-state index contributed by atoms with van der Waals surface area (Å²) >= 11 is 0.500. The Morgan fingerprint density at radius 3 is 1.60 bits per heavy atom. The van der Waals surface area contributed by atoms with Crippen LogP contribution in [-0.4, -0.2) is 24.6 Å². The molecule has 0 saturated heterocycles. The van der Waals surface area contributed by atoms with Gasteiger partial charge in [0.15, 0.2) is 0 Å². The Morgan fingerprint density at radius 1 is 1.00 bits per heavy atom.